The number of pyridine rings is 1. The summed E-state index contributed by atoms with van der Waals surface area (Å²) in [5, 5.41) is 0. The second-order valence-electron chi connectivity index (χ2n) is 7.09. The largest absolute Gasteiger partial charge is 0.453 e. The molecule has 0 unspecified atom stereocenters. The van der Waals surface area contributed by atoms with Crippen LogP contribution in [0.25, 0.3) is 6.08 Å². The molecule has 2 saturated heterocycles. The van der Waals surface area contributed by atoms with E-state index in [1.807, 2.05) is 0 Å². The zero-order valence-electron chi connectivity index (χ0n) is 16.0. The number of halogens is 1. The molecule has 0 N–H and O–H groups in total. The predicted octanol–water partition coefficient (Wildman–Crippen LogP) is 3.64. The number of aromatic nitrogens is 1. The third-order valence-corrected chi connectivity index (χ3v) is 5.12. The first kappa shape index (κ1) is 19.5. The first-order chi connectivity index (χ1) is 14.2. The van der Waals surface area contributed by atoms with E-state index in [1.54, 1.807) is 41.4 Å². The summed E-state index contributed by atoms with van der Waals surface area (Å²) in [6.07, 6.45) is 7.83. The summed E-state index contributed by atoms with van der Waals surface area (Å²) in [4.78, 5) is 18.2. The Morgan fingerprint density at radius 1 is 1.21 bits per heavy atom. The topological polar surface area (TPSA) is 60.9 Å². The third kappa shape index (κ3) is 4.99. The van der Waals surface area contributed by atoms with Crippen LogP contribution in [0.15, 0.2) is 48.8 Å². The van der Waals surface area contributed by atoms with Gasteiger partial charge in [0.1, 0.15) is 5.75 Å². The molecule has 7 heteroatoms. The van der Waals surface area contributed by atoms with Crippen molar-refractivity contribution >= 4 is 12.0 Å². The van der Waals surface area contributed by atoms with Crippen LogP contribution in [-0.4, -0.2) is 48.4 Å². The van der Waals surface area contributed by atoms with Crippen molar-refractivity contribution in [2.45, 2.75) is 19.1 Å². The van der Waals surface area contributed by atoms with E-state index >= 15 is 0 Å². The summed E-state index contributed by atoms with van der Waals surface area (Å²) >= 11 is 0. The Labute approximate surface area is 168 Å². The monoisotopic (exact) mass is 398 g/mol. The van der Waals surface area contributed by atoms with Crippen LogP contribution in [0.1, 0.15) is 18.4 Å². The summed E-state index contributed by atoms with van der Waals surface area (Å²) in [6, 6.07) is 8.01. The first-order valence-corrected chi connectivity index (χ1v) is 9.77. The highest BCUT2D eigenvalue weighted by atomic mass is 19.1. The minimum atomic E-state index is -0.499. The van der Waals surface area contributed by atoms with Crippen LogP contribution in [0.2, 0.25) is 0 Å². The highest BCUT2D eigenvalue weighted by molar-refractivity contribution is 5.91. The Bertz CT molecular complexity index is 860. The van der Waals surface area contributed by atoms with E-state index in [2.05, 4.69) is 4.98 Å². The Morgan fingerprint density at radius 2 is 2.00 bits per heavy atom. The van der Waals surface area contributed by atoms with Crippen molar-refractivity contribution in [2.24, 2.45) is 5.92 Å². The number of likely N-dealkylation sites (tertiary alicyclic amines) is 1. The fourth-order valence-corrected chi connectivity index (χ4v) is 3.55. The van der Waals surface area contributed by atoms with E-state index in [4.69, 9.17) is 14.2 Å². The van der Waals surface area contributed by atoms with Crippen LogP contribution in [0.3, 0.4) is 0 Å². The predicted molar refractivity (Wildman–Crippen MR) is 105 cm³/mol. The number of carbonyl (C=O) groups is 1. The lowest BCUT2D eigenvalue weighted by Crippen LogP contribution is -2.40. The van der Waals surface area contributed by atoms with Crippen molar-refractivity contribution in [3.8, 4) is 11.5 Å². The van der Waals surface area contributed by atoms with Gasteiger partial charge in [-0.25, -0.2) is 4.39 Å². The van der Waals surface area contributed by atoms with Gasteiger partial charge in [0.25, 0.3) is 0 Å². The van der Waals surface area contributed by atoms with Crippen LogP contribution < -0.4 is 4.74 Å². The quantitative estimate of drug-likeness (QED) is 0.720. The van der Waals surface area contributed by atoms with Crippen LogP contribution >= 0.6 is 0 Å². The summed E-state index contributed by atoms with van der Waals surface area (Å²) < 4.78 is 30.9. The summed E-state index contributed by atoms with van der Waals surface area (Å²) in [5.41, 5.74) is 0.594. The van der Waals surface area contributed by atoms with Gasteiger partial charge in [-0.05, 0) is 48.7 Å². The molecule has 29 heavy (non-hydrogen) atoms. The summed E-state index contributed by atoms with van der Waals surface area (Å²) in [7, 11) is 0. The van der Waals surface area contributed by atoms with Crippen LogP contribution in [0.5, 0.6) is 11.5 Å². The maximum atomic E-state index is 14.3. The summed E-state index contributed by atoms with van der Waals surface area (Å²) in [6.45, 7) is 2.64. The van der Waals surface area contributed by atoms with Crippen LogP contribution in [0, 0.1) is 11.7 Å². The minimum Gasteiger partial charge on any atom is -0.453 e. The lowest BCUT2D eigenvalue weighted by atomic mass is 9.96. The van der Waals surface area contributed by atoms with Gasteiger partial charge in [-0.3, -0.25) is 9.78 Å². The van der Waals surface area contributed by atoms with Gasteiger partial charge >= 0.3 is 0 Å². The molecule has 2 aliphatic rings. The molecule has 1 aromatic heterocycles. The maximum Gasteiger partial charge on any atom is 0.246 e. The zero-order chi connectivity index (χ0) is 20.1. The SMILES string of the molecule is O=C(/C=C/c1ccc(Oc2cccnc2)c(F)c1)N1CCC(C2OCCO2)CC1. The Balaban J connectivity index is 1.31. The molecular formula is C22H23FN2O4. The average molecular weight is 398 g/mol. The number of rotatable bonds is 5. The van der Waals surface area contributed by atoms with E-state index in [0.717, 1.165) is 12.8 Å². The van der Waals surface area contributed by atoms with E-state index in [0.29, 0.717) is 43.5 Å². The molecule has 4 rings (SSSR count). The zero-order valence-corrected chi connectivity index (χ0v) is 16.0. The van der Waals surface area contributed by atoms with Gasteiger partial charge in [0.05, 0.1) is 19.4 Å². The number of piperidine rings is 1. The van der Waals surface area contributed by atoms with Gasteiger partial charge < -0.3 is 19.1 Å². The number of hydrogen-bond acceptors (Lipinski definition) is 5. The van der Waals surface area contributed by atoms with Crippen molar-refractivity contribution in [1.29, 1.82) is 0 Å². The van der Waals surface area contributed by atoms with Gasteiger partial charge in [0, 0.05) is 31.3 Å². The Morgan fingerprint density at radius 3 is 2.69 bits per heavy atom. The van der Waals surface area contributed by atoms with Gasteiger partial charge in [-0.2, -0.15) is 0 Å². The molecule has 0 aliphatic carbocycles. The van der Waals surface area contributed by atoms with E-state index in [1.165, 1.54) is 18.3 Å². The molecule has 1 amide bonds. The van der Waals surface area contributed by atoms with Crippen molar-refractivity contribution in [1.82, 2.24) is 9.88 Å². The average Bonchev–Trinajstić information content (AvgIpc) is 3.30. The Hall–Kier alpha value is -2.77. The molecule has 2 fully saturated rings. The molecule has 2 aliphatic heterocycles. The van der Waals surface area contributed by atoms with Crippen molar-refractivity contribution < 1.29 is 23.4 Å². The molecule has 1 aromatic carbocycles. The fraction of sp³-hybridized carbons (Fsp3) is 0.364. The molecule has 0 spiro atoms. The molecule has 0 bridgehead atoms. The minimum absolute atomic E-state index is 0.0761. The molecule has 152 valence electrons. The molecule has 0 radical (unpaired) electrons. The van der Waals surface area contributed by atoms with Gasteiger partial charge in [0.15, 0.2) is 17.9 Å². The molecule has 6 nitrogen and oxygen atoms in total. The summed E-state index contributed by atoms with van der Waals surface area (Å²) in [5.74, 6) is 0.335. The van der Waals surface area contributed by atoms with Crippen molar-refractivity contribution in [2.75, 3.05) is 26.3 Å². The third-order valence-electron chi connectivity index (χ3n) is 5.12. The van der Waals surface area contributed by atoms with Gasteiger partial charge in [-0.15, -0.1) is 0 Å². The number of benzene rings is 1. The van der Waals surface area contributed by atoms with E-state index in [9.17, 15) is 9.18 Å². The van der Waals surface area contributed by atoms with E-state index in [-0.39, 0.29) is 17.9 Å². The van der Waals surface area contributed by atoms with Gasteiger partial charge in [0.2, 0.25) is 5.91 Å². The number of nitrogens with zero attached hydrogens (tertiary/aromatic N) is 2. The van der Waals surface area contributed by atoms with Crippen molar-refractivity contribution in [3.05, 3.63) is 60.2 Å². The highest BCUT2D eigenvalue weighted by Crippen LogP contribution is 2.27. The number of hydrogen-bond donors (Lipinski definition) is 0. The van der Waals surface area contributed by atoms with E-state index < -0.39 is 5.82 Å². The first-order valence-electron chi connectivity index (χ1n) is 9.77. The molecule has 3 heterocycles. The Kier molecular flexibility index (Phi) is 6.17. The molecule has 2 aromatic rings. The standard InChI is InChI=1S/C22H23FN2O4/c23-19-14-16(3-5-20(19)29-18-2-1-9-24-15-18)4-6-21(26)25-10-7-17(8-11-25)22-27-12-13-28-22/h1-6,9,14-15,17,22H,7-8,10-13H2/b6-4+. The molecule has 0 saturated carbocycles. The lowest BCUT2D eigenvalue weighted by molar-refractivity contribution is -0.131. The fourth-order valence-electron chi connectivity index (χ4n) is 3.55. The number of carbonyl (C=O) groups excluding carboxylic acids is 1. The van der Waals surface area contributed by atoms with Crippen LogP contribution in [0.4, 0.5) is 4.39 Å². The second kappa shape index (κ2) is 9.15. The highest BCUT2D eigenvalue weighted by Gasteiger charge is 2.31. The van der Waals surface area contributed by atoms with Gasteiger partial charge in [-0.1, -0.05) is 6.07 Å². The number of amides is 1. The smallest absolute Gasteiger partial charge is 0.246 e. The number of ether oxygens (including phenoxy) is 3. The lowest BCUT2D eigenvalue weighted by Gasteiger charge is -2.33. The maximum absolute atomic E-state index is 14.3. The van der Waals surface area contributed by atoms with Crippen molar-refractivity contribution in [3.63, 3.8) is 0 Å². The molecule has 0 atom stereocenters. The normalized spacial score (nSPS) is 18.4. The molecular weight excluding hydrogens is 375 g/mol. The van der Waals surface area contributed by atoms with Crippen LogP contribution in [-0.2, 0) is 14.3 Å². The second-order valence-corrected chi connectivity index (χ2v) is 7.09.